The molecule has 1 aliphatic rings. The minimum absolute atomic E-state index is 0.00735. The third kappa shape index (κ3) is 4.12. The third-order valence-corrected chi connectivity index (χ3v) is 5.37. The van der Waals surface area contributed by atoms with Crippen molar-refractivity contribution in [1.29, 1.82) is 0 Å². The molecule has 1 aromatic carbocycles. The molecule has 174 valence electrons. The molecule has 1 amide bonds. The van der Waals surface area contributed by atoms with Crippen LogP contribution in [0.1, 0.15) is 65.5 Å². The van der Waals surface area contributed by atoms with Crippen LogP contribution in [0.25, 0.3) is 10.9 Å². The summed E-state index contributed by atoms with van der Waals surface area (Å²) in [5.74, 6) is -1.20. The van der Waals surface area contributed by atoms with E-state index in [1.54, 1.807) is 48.5 Å². The lowest BCUT2D eigenvalue weighted by molar-refractivity contribution is -0.136. The fourth-order valence-corrected chi connectivity index (χ4v) is 3.97. The van der Waals surface area contributed by atoms with Gasteiger partial charge in [-0.15, -0.1) is 0 Å². The predicted octanol–water partition coefficient (Wildman–Crippen LogP) is 5.86. The van der Waals surface area contributed by atoms with Gasteiger partial charge >= 0.3 is 12.3 Å². The van der Waals surface area contributed by atoms with Crippen LogP contribution in [0.4, 0.5) is 23.7 Å². The topological polar surface area (TPSA) is 68.7 Å². The maximum Gasteiger partial charge on any atom is 0.417 e. The molecule has 1 atom stereocenters. The summed E-state index contributed by atoms with van der Waals surface area (Å²) in [6.07, 6.45) is -5.42. The number of ether oxygens (including phenoxy) is 2. The highest BCUT2D eigenvalue weighted by molar-refractivity contribution is 6.09. The van der Waals surface area contributed by atoms with E-state index < -0.39 is 34.9 Å². The van der Waals surface area contributed by atoms with Crippen LogP contribution < -0.4 is 9.64 Å². The third-order valence-electron chi connectivity index (χ3n) is 5.37. The average Bonchev–Trinajstić information content (AvgIpc) is 2.62. The van der Waals surface area contributed by atoms with Gasteiger partial charge in [0.1, 0.15) is 11.1 Å². The summed E-state index contributed by atoms with van der Waals surface area (Å²) in [6.45, 7) is 11.7. The molecule has 32 heavy (non-hydrogen) atoms. The van der Waals surface area contributed by atoms with Gasteiger partial charge in [0.25, 0.3) is 0 Å². The van der Waals surface area contributed by atoms with E-state index in [0.717, 1.165) is 6.07 Å². The second-order valence-electron chi connectivity index (χ2n) is 9.33. The standard InChI is InChI=1S/C23H27F3N2O4/c1-8-31-18-10-15(23(24,25)26)14-9-13-12(2)19(29)22(6,7)28(17(13)11-16(14)27-18)20(30)32-21(3,4)5/h9-12H,8H2,1-7H3. The van der Waals surface area contributed by atoms with Crippen LogP contribution in [0.15, 0.2) is 18.2 Å². The van der Waals surface area contributed by atoms with E-state index in [4.69, 9.17) is 9.47 Å². The van der Waals surface area contributed by atoms with Gasteiger partial charge in [-0.25, -0.2) is 9.78 Å². The molecule has 9 heteroatoms. The Bertz CT molecular complexity index is 1090. The first-order chi connectivity index (χ1) is 14.6. The summed E-state index contributed by atoms with van der Waals surface area (Å²) in [6, 6.07) is 3.55. The Hall–Kier alpha value is -2.84. The number of Topliss-reactive ketones (excluding diaryl/α,β-unsaturated/α-hetero) is 1. The first kappa shape index (κ1) is 23.8. The highest BCUT2D eigenvalue weighted by Crippen LogP contribution is 2.46. The molecule has 0 N–H and O–H groups in total. The van der Waals surface area contributed by atoms with Crippen molar-refractivity contribution in [3.63, 3.8) is 0 Å². The molecule has 3 rings (SSSR count). The van der Waals surface area contributed by atoms with Gasteiger partial charge in [-0.3, -0.25) is 9.69 Å². The highest BCUT2D eigenvalue weighted by atomic mass is 19.4. The van der Waals surface area contributed by atoms with Crippen LogP contribution in [0.2, 0.25) is 0 Å². The molecule has 1 aliphatic heterocycles. The lowest BCUT2D eigenvalue weighted by Gasteiger charge is -2.44. The molecule has 2 heterocycles. The number of hydrogen-bond acceptors (Lipinski definition) is 5. The second-order valence-corrected chi connectivity index (χ2v) is 9.33. The predicted molar refractivity (Wildman–Crippen MR) is 114 cm³/mol. The van der Waals surface area contributed by atoms with Gasteiger partial charge < -0.3 is 9.47 Å². The highest BCUT2D eigenvalue weighted by Gasteiger charge is 2.48. The number of carbonyl (C=O) groups excluding carboxylic acids is 2. The Morgan fingerprint density at radius 1 is 1.19 bits per heavy atom. The molecule has 1 unspecified atom stereocenters. The Morgan fingerprint density at radius 2 is 1.81 bits per heavy atom. The summed E-state index contributed by atoms with van der Waals surface area (Å²) >= 11 is 0. The Labute approximate surface area is 184 Å². The van der Waals surface area contributed by atoms with Crippen LogP contribution in [0.3, 0.4) is 0 Å². The lowest BCUT2D eigenvalue weighted by Crippen LogP contribution is -2.58. The van der Waals surface area contributed by atoms with Gasteiger partial charge in [0.2, 0.25) is 5.88 Å². The van der Waals surface area contributed by atoms with E-state index in [1.807, 2.05) is 0 Å². The van der Waals surface area contributed by atoms with Gasteiger partial charge in [0.05, 0.1) is 23.4 Å². The summed E-state index contributed by atoms with van der Waals surface area (Å²) < 4.78 is 52.2. The Kier molecular flexibility index (Phi) is 5.68. The number of fused-ring (bicyclic) bond motifs is 2. The number of ketones is 1. The Morgan fingerprint density at radius 3 is 2.34 bits per heavy atom. The number of benzene rings is 1. The number of hydrogen-bond donors (Lipinski definition) is 0. The number of carbonyl (C=O) groups is 2. The molecule has 0 saturated heterocycles. The number of alkyl halides is 3. The van der Waals surface area contributed by atoms with Crippen LogP contribution in [0, 0.1) is 0 Å². The minimum Gasteiger partial charge on any atom is -0.478 e. The number of amides is 1. The zero-order chi connectivity index (χ0) is 24.2. The van der Waals surface area contributed by atoms with Gasteiger partial charge in [-0.05, 0) is 59.2 Å². The van der Waals surface area contributed by atoms with Crippen molar-refractivity contribution >= 4 is 28.5 Å². The van der Waals surface area contributed by atoms with E-state index in [1.165, 1.54) is 17.0 Å². The summed E-state index contributed by atoms with van der Waals surface area (Å²) in [4.78, 5) is 31.7. The van der Waals surface area contributed by atoms with Crippen LogP contribution >= 0.6 is 0 Å². The quantitative estimate of drug-likeness (QED) is 0.571. The SMILES string of the molecule is CCOc1cc(C(F)(F)F)c2cc3c(cc2n1)N(C(=O)OC(C)(C)C)C(C)(C)C(=O)C3C. The molecule has 1 aromatic heterocycles. The second kappa shape index (κ2) is 7.64. The number of nitrogens with zero attached hydrogens (tertiary/aromatic N) is 2. The first-order valence-corrected chi connectivity index (χ1v) is 10.3. The zero-order valence-electron chi connectivity index (χ0n) is 19.2. The van der Waals surface area contributed by atoms with Gasteiger partial charge in [0.15, 0.2) is 5.78 Å². The molecular formula is C23H27F3N2O4. The van der Waals surface area contributed by atoms with Crippen LogP contribution in [0.5, 0.6) is 5.88 Å². The summed E-state index contributed by atoms with van der Waals surface area (Å²) in [5, 5.41) is -0.164. The Balaban J connectivity index is 2.34. The van der Waals surface area contributed by atoms with Crippen molar-refractivity contribution in [1.82, 2.24) is 4.98 Å². The number of halogens is 3. The smallest absolute Gasteiger partial charge is 0.417 e. The van der Waals surface area contributed by atoms with Crippen molar-refractivity contribution in [2.24, 2.45) is 0 Å². The fraction of sp³-hybridized carbons (Fsp3) is 0.522. The monoisotopic (exact) mass is 452 g/mol. The molecule has 0 radical (unpaired) electrons. The van der Waals surface area contributed by atoms with Gasteiger partial charge in [-0.2, -0.15) is 13.2 Å². The first-order valence-electron chi connectivity index (χ1n) is 10.3. The number of rotatable bonds is 2. The average molecular weight is 452 g/mol. The van der Waals surface area contributed by atoms with E-state index in [2.05, 4.69) is 4.98 Å². The molecular weight excluding hydrogens is 425 g/mol. The molecule has 0 saturated carbocycles. The van der Waals surface area contributed by atoms with Crippen molar-refractivity contribution in [3.8, 4) is 5.88 Å². The normalized spacial score (nSPS) is 18.5. The van der Waals surface area contributed by atoms with E-state index in [-0.39, 0.29) is 34.9 Å². The molecule has 0 aliphatic carbocycles. The zero-order valence-corrected chi connectivity index (χ0v) is 19.2. The number of pyridine rings is 1. The minimum atomic E-state index is -4.66. The summed E-state index contributed by atoms with van der Waals surface area (Å²) in [7, 11) is 0. The van der Waals surface area contributed by atoms with E-state index in [9.17, 15) is 22.8 Å². The molecule has 0 bridgehead atoms. The van der Waals surface area contributed by atoms with Gasteiger partial charge in [0, 0.05) is 17.4 Å². The maximum atomic E-state index is 13.8. The van der Waals surface area contributed by atoms with Crippen molar-refractivity contribution in [2.75, 3.05) is 11.5 Å². The van der Waals surface area contributed by atoms with Crippen molar-refractivity contribution in [3.05, 3.63) is 29.3 Å². The van der Waals surface area contributed by atoms with Crippen LogP contribution in [-0.2, 0) is 15.7 Å². The number of anilines is 1. The van der Waals surface area contributed by atoms with E-state index in [0.29, 0.717) is 5.56 Å². The number of aromatic nitrogens is 1. The molecule has 0 fully saturated rings. The molecule has 6 nitrogen and oxygen atoms in total. The molecule has 2 aromatic rings. The van der Waals surface area contributed by atoms with Crippen molar-refractivity contribution < 1.29 is 32.2 Å². The van der Waals surface area contributed by atoms with Crippen molar-refractivity contribution in [2.45, 2.75) is 71.7 Å². The van der Waals surface area contributed by atoms with Crippen LogP contribution in [-0.4, -0.2) is 34.6 Å². The van der Waals surface area contributed by atoms with E-state index >= 15 is 0 Å². The fourth-order valence-electron chi connectivity index (χ4n) is 3.97. The summed E-state index contributed by atoms with van der Waals surface area (Å²) in [5.41, 5.74) is -2.41. The largest absolute Gasteiger partial charge is 0.478 e. The molecule has 0 spiro atoms. The maximum absolute atomic E-state index is 13.8. The lowest BCUT2D eigenvalue weighted by atomic mass is 9.78. The van der Waals surface area contributed by atoms with Gasteiger partial charge in [-0.1, -0.05) is 6.92 Å².